The highest BCUT2D eigenvalue weighted by atomic mass is 14.2. The predicted molar refractivity (Wildman–Crippen MR) is 180 cm³/mol. The monoisotopic (exact) mass is 533 g/mol. The SMILES string of the molecule is C=Cc1c(C=C)c2cc(-c3ccc(-c4ccc(C#N)cc4)cc3)c3ccccc3c2c2ccc(-c3ccccc3)cc12. The minimum atomic E-state index is 0.665. The third kappa shape index (κ3) is 4.10. The first kappa shape index (κ1) is 25.3. The molecule has 0 saturated heterocycles. The Kier molecular flexibility index (Phi) is 6.23. The van der Waals surface area contributed by atoms with Crippen molar-refractivity contribution in [2.75, 3.05) is 0 Å². The van der Waals surface area contributed by atoms with E-state index in [0.29, 0.717) is 5.56 Å². The van der Waals surface area contributed by atoms with Gasteiger partial charge in [0.15, 0.2) is 0 Å². The lowest BCUT2D eigenvalue weighted by molar-refractivity contribution is 1.48. The first-order chi connectivity index (χ1) is 20.7. The van der Waals surface area contributed by atoms with E-state index in [2.05, 4.69) is 116 Å². The summed E-state index contributed by atoms with van der Waals surface area (Å²) in [6.45, 7) is 8.47. The van der Waals surface area contributed by atoms with E-state index in [1.807, 2.05) is 42.5 Å². The summed E-state index contributed by atoms with van der Waals surface area (Å²) in [7, 11) is 0. The Hall–Kier alpha value is -5.71. The van der Waals surface area contributed by atoms with Gasteiger partial charge in [-0.05, 0) is 101 Å². The molecule has 196 valence electrons. The molecule has 0 N–H and O–H groups in total. The molecular weight excluding hydrogens is 506 g/mol. The largest absolute Gasteiger partial charge is 0.192 e. The lowest BCUT2D eigenvalue weighted by Crippen LogP contribution is -1.93. The van der Waals surface area contributed by atoms with Crippen LogP contribution in [0.3, 0.4) is 0 Å². The molecule has 1 heteroatoms. The molecule has 0 atom stereocenters. The number of rotatable bonds is 5. The predicted octanol–water partition coefficient (Wildman–Crippen LogP) is 11.3. The summed E-state index contributed by atoms with van der Waals surface area (Å²) in [5.74, 6) is 0. The van der Waals surface area contributed by atoms with Gasteiger partial charge < -0.3 is 0 Å². The molecule has 0 heterocycles. The minimum absolute atomic E-state index is 0.665. The minimum Gasteiger partial charge on any atom is -0.192 e. The number of hydrogen-bond acceptors (Lipinski definition) is 1. The summed E-state index contributed by atoms with van der Waals surface area (Å²) >= 11 is 0. The van der Waals surface area contributed by atoms with Gasteiger partial charge in [-0.2, -0.15) is 5.26 Å². The van der Waals surface area contributed by atoms with Crippen molar-refractivity contribution in [1.82, 2.24) is 0 Å². The molecule has 7 aromatic rings. The lowest BCUT2D eigenvalue weighted by Gasteiger charge is -2.18. The Bertz CT molecular complexity index is 2190. The molecular formula is C41H27N. The normalized spacial score (nSPS) is 11.0. The molecule has 0 aromatic heterocycles. The quantitative estimate of drug-likeness (QED) is 0.202. The molecule has 0 bridgehead atoms. The highest BCUT2D eigenvalue weighted by Gasteiger charge is 2.17. The van der Waals surface area contributed by atoms with Gasteiger partial charge in [-0.15, -0.1) is 0 Å². The Morgan fingerprint density at radius 3 is 1.64 bits per heavy atom. The van der Waals surface area contributed by atoms with Crippen molar-refractivity contribution in [2.45, 2.75) is 0 Å². The van der Waals surface area contributed by atoms with Crippen molar-refractivity contribution in [1.29, 1.82) is 5.26 Å². The molecule has 0 saturated carbocycles. The van der Waals surface area contributed by atoms with Crippen molar-refractivity contribution < 1.29 is 0 Å². The molecule has 0 aliphatic heterocycles. The average Bonchev–Trinajstić information content (AvgIpc) is 3.07. The molecule has 7 aromatic carbocycles. The lowest BCUT2D eigenvalue weighted by atomic mass is 9.85. The zero-order chi connectivity index (χ0) is 28.6. The standard InChI is InChI=1S/C41H27N/c1-3-33-34(4-2)40-25-38(31-20-18-30(19-21-31)29-16-14-27(26-42)15-17-29)35-12-8-9-13-36(35)41(40)37-23-22-32(24-39(33)37)28-10-6-5-7-11-28/h3-25H,1-2H2. The number of benzene rings is 7. The van der Waals surface area contributed by atoms with Crippen LogP contribution in [0.4, 0.5) is 0 Å². The fourth-order valence-electron chi connectivity index (χ4n) is 6.22. The van der Waals surface area contributed by atoms with Crippen LogP contribution < -0.4 is 0 Å². The van der Waals surface area contributed by atoms with Crippen LogP contribution in [0, 0.1) is 11.3 Å². The molecule has 0 unspecified atom stereocenters. The van der Waals surface area contributed by atoms with Crippen LogP contribution in [0.5, 0.6) is 0 Å². The zero-order valence-electron chi connectivity index (χ0n) is 23.1. The Morgan fingerprint density at radius 2 is 0.976 bits per heavy atom. The van der Waals surface area contributed by atoms with E-state index in [4.69, 9.17) is 5.26 Å². The van der Waals surface area contributed by atoms with E-state index in [-0.39, 0.29) is 0 Å². The Labute approximate surface area is 245 Å². The van der Waals surface area contributed by atoms with Crippen LogP contribution in [-0.4, -0.2) is 0 Å². The molecule has 0 spiro atoms. The van der Waals surface area contributed by atoms with Crippen LogP contribution >= 0.6 is 0 Å². The molecule has 42 heavy (non-hydrogen) atoms. The van der Waals surface area contributed by atoms with Crippen LogP contribution in [0.15, 0.2) is 141 Å². The summed E-state index contributed by atoms with van der Waals surface area (Å²) in [5, 5.41) is 16.4. The van der Waals surface area contributed by atoms with Crippen LogP contribution in [0.25, 0.3) is 77.9 Å². The van der Waals surface area contributed by atoms with Gasteiger partial charge in [-0.25, -0.2) is 0 Å². The van der Waals surface area contributed by atoms with Gasteiger partial charge in [-0.3, -0.25) is 0 Å². The number of nitrogens with zero attached hydrogens (tertiary/aromatic N) is 1. The Balaban J connectivity index is 1.48. The van der Waals surface area contributed by atoms with Gasteiger partial charge in [0.1, 0.15) is 0 Å². The van der Waals surface area contributed by atoms with E-state index in [9.17, 15) is 0 Å². The van der Waals surface area contributed by atoms with E-state index in [1.165, 1.54) is 49.0 Å². The highest BCUT2D eigenvalue weighted by molar-refractivity contribution is 6.27. The van der Waals surface area contributed by atoms with E-state index >= 15 is 0 Å². The van der Waals surface area contributed by atoms with Gasteiger partial charge >= 0.3 is 0 Å². The van der Waals surface area contributed by atoms with E-state index in [0.717, 1.165) is 27.8 Å². The molecule has 0 fully saturated rings. The second kappa shape index (κ2) is 10.4. The van der Waals surface area contributed by atoms with E-state index < -0.39 is 0 Å². The third-order valence-corrected chi connectivity index (χ3v) is 8.26. The average molecular weight is 534 g/mol. The van der Waals surface area contributed by atoms with Crippen molar-refractivity contribution in [3.8, 4) is 39.4 Å². The second-order valence-corrected chi connectivity index (χ2v) is 10.5. The second-order valence-electron chi connectivity index (χ2n) is 10.5. The highest BCUT2D eigenvalue weighted by Crippen LogP contribution is 2.43. The molecule has 0 aliphatic carbocycles. The molecule has 0 radical (unpaired) electrons. The van der Waals surface area contributed by atoms with Gasteiger partial charge in [0.2, 0.25) is 0 Å². The van der Waals surface area contributed by atoms with Gasteiger partial charge in [0, 0.05) is 0 Å². The fraction of sp³-hybridized carbons (Fsp3) is 0. The van der Waals surface area contributed by atoms with Crippen LogP contribution in [0.2, 0.25) is 0 Å². The summed E-state index contributed by atoms with van der Waals surface area (Å²) in [4.78, 5) is 0. The summed E-state index contributed by atoms with van der Waals surface area (Å²) < 4.78 is 0. The van der Waals surface area contributed by atoms with Crippen molar-refractivity contribution >= 4 is 44.5 Å². The van der Waals surface area contributed by atoms with Crippen molar-refractivity contribution in [2.24, 2.45) is 0 Å². The number of nitriles is 1. The summed E-state index contributed by atoms with van der Waals surface area (Å²) in [6, 6.07) is 46.9. The van der Waals surface area contributed by atoms with Crippen molar-refractivity contribution in [3.05, 3.63) is 157 Å². The number of hydrogen-bond donors (Lipinski definition) is 0. The maximum Gasteiger partial charge on any atom is 0.0991 e. The zero-order valence-corrected chi connectivity index (χ0v) is 23.1. The first-order valence-electron chi connectivity index (χ1n) is 14.1. The Morgan fingerprint density at radius 1 is 0.452 bits per heavy atom. The molecule has 0 amide bonds. The molecule has 7 rings (SSSR count). The molecule has 1 nitrogen and oxygen atoms in total. The number of fused-ring (bicyclic) bond motifs is 5. The third-order valence-electron chi connectivity index (χ3n) is 8.26. The maximum absolute atomic E-state index is 9.15. The summed E-state index contributed by atoms with van der Waals surface area (Å²) in [5.41, 5.74) is 9.79. The van der Waals surface area contributed by atoms with Crippen LogP contribution in [-0.2, 0) is 0 Å². The fourth-order valence-corrected chi connectivity index (χ4v) is 6.22. The van der Waals surface area contributed by atoms with Gasteiger partial charge in [0.25, 0.3) is 0 Å². The maximum atomic E-state index is 9.15. The van der Waals surface area contributed by atoms with Gasteiger partial charge in [0.05, 0.1) is 11.6 Å². The first-order valence-corrected chi connectivity index (χ1v) is 14.1. The topological polar surface area (TPSA) is 23.8 Å². The summed E-state index contributed by atoms with van der Waals surface area (Å²) in [6.07, 6.45) is 3.94. The van der Waals surface area contributed by atoms with E-state index in [1.54, 1.807) is 0 Å². The van der Waals surface area contributed by atoms with Gasteiger partial charge in [-0.1, -0.05) is 128 Å². The van der Waals surface area contributed by atoms with Crippen LogP contribution in [0.1, 0.15) is 16.7 Å². The smallest absolute Gasteiger partial charge is 0.0991 e. The molecule has 0 aliphatic rings. The van der Waals surface area contributed by atoms with Crippen molar-refractivity contribution in [3.63, 3.8) is 0 Å².